The zero-order valence-corrected chi connectivity index (χ0v) is 15.2. The summed E-state index contributed by atoms with van der Waals surface area (Å²) in [6.45, 7) is 3.98. The molecule has 0 aromatic heterocycles. The summed E-state index contributed by atoms with van der Waals surface area (Å²) in [5.74, 6) is 1.38. The van der Waals surface area contributed by atoms with Gasteiger partial charge in [0.1, 0.15) is 0 Å². The van der Waals surface area contributed by atoms with Crippen molar-refractivity contribution in [3.05, 3.63) is 53.1 Å². The van der Waals surface area contributed by atoms with Crippen molar-refractivity contribution in [2.45, 2.75) is 13.8 Å². The minimum absolute atomic E-state index is 0.208. The number of amides is 1. The summed E-state index contributed by atoms with van der Waals surface area (Å²) < 4.78 is 15.9. The Hall–Kier alpha value is -2.95. The van der Waals surface area contributed by atoms with E-state index in [1.54, 1.807) is 39.5 Å². The molecule has 0 saturated heterocycles. The van der Waals surface area contributed by atoms with Crippen LogP contribution in [0.25, 0.3) is 6.08 Å². The molecule has 0 saturated carbocycles. The molecule has 25 heavy (non-hydrogen) atoms. The Labute approximate surface area is 148 Å². The van der Waals surface area contributed by atoms with E-state index in [-0.39, 0.29) is 5.91 Å². The lowest BCUT2D eigenvalue weighted by atomic mass is 10.1. The number of ether oxygens (including phenoxy) is 3. The van der Waals surface area contributed by atoms with Gasteiger partial charge in [-0.15, -0.1) is 0 Å². The molecule has 5 nitrogen and oxygen atoms in total. The first kappa shape index (κ1) is 18.4. The Kier molecular flexibility index (Phi) is 6.06. The molecule has 0 bridgehead atoms. The van der Waals surface area contributed by atoms with Crippen LogP contribution in [0.15, 0.2) is 36.4 Å². The number of hydrogen-bond donors (Lipinski definition) is 1. The van der Waals surface area contributed by atoms with Crippen molar-refractivity contribution in [1.29, 1.82) is 0 Å². The second kappa shape index (κ2) is 8.24. The SMILES string of the molecule is COc1cc(C=CC(=O)Nc2ccc(C)cc2C)cc(OC)c1OC. The summed E-state index contributed by atoms with van der Waals surface area (Å²) in [7, 11) is 4.66. The molecule has 0 aliphatic heterocycles. The van der Waals surface area contributed by atoms with Crippen LogP contribution in [-0.2, 0) is 4.79 Å². The van der Waals surface area contributed by atoms with E-state index in [2.05, 4.69) is 5.32 Å². The zero-order chi connectivity index (χ0) is 18.4. The molecule has 0 unspecified atom stereocenters. The smallest absolute Gasteiger partial charge is 0.248 e. The first-order valence-electron chi connectivity index (χ1n) is 7.84. The van der Waals surface area contributed by atoms with E-state index < -0.39 is 0 Å². The van der Waals surface area contributed by atoms with Crippen molar-refractivity contribution in [2.24, 2.45) is 0 Å². The van der Waals surface area contributed by atoms with Crippen LogP contribution < -0.4 is 19.5 Å². The summed E-state index contributed by atoms with van der Waals surface area (Å²) in [5.41, 5.74) is 3.74. The fourth-order valence-electron chi connectivity index (χ4n) is 2.50. The van der Waals surface area contributed by atoms with Gasteiger partial charge < -0.3 is 19.5 Å². The molecular formula is C20H23NO4. The lowest BCUT2D eigenvalue weighted by Gasteiger charge is -2.12. The number of nitrogens with one attached hydrogen (secondary N) is 1. The van der Waals surface area contributed by atoms with Crippen LogP contribution in [0.5, 0.6) is 17.2 Å². The van der Waals surface area contributed by atoms with E-state index in [0.29, 0.717) is 17.2 Å². The molecule has 132 valence electrons. The third-order valence-corrected chi connectivity index (χ3v) is 3.75. The molecule has 0 spiro atoms. The van der Waals surface area contributed by atoms with Crippen molar-refractivity contribution < 1.29 is 19.0 Å². The summed E-state index contributed by atoms with van der Waals surface area (Å²) >= 11 is 0. The molecular weight excluding hydrogens is 318 g/mol. The molecule has 0 aliphatic rings. The van der Waals surface area contributed by atoms with Gasteiger partial charge in [-0.2, -0.15) is 0 Å². The Morgan fingerprint density at radius 2 is 1.60 bits per heavy atom. The number of hydrogen-bond acceptors (Lipinski definition) is 4. The van der Waals surface area contributed by atoms with Gasteiger partial charge in [0.25, 0.3) is 0 Å². The highest BCUT2D eigenvalue weighted by atomic mass is 16.5. The van der Waals surface area contributed by atoms with E-state index in [1.165, 1.54) is 6.08 Å². The fraction of sp³-hybridized carbons (Fsp3) is 0.250. The Bertz CT molecular complexity index is 771. The number of benzene rings is 2. The van der Waals surface area contributed by atoms with Gasteiger partial charge in [0.2, 0.25) is 11.7 Å². The van der Waals surface area contributed by atoms with Crippen molar-refractivity contribution in [1.82, 2.24) is 0 Å². The van der Waals surface area contributed by atoms with Gasteiger partial charge in [-0.05, 0) is 49.2 Å². The van der Waals surface area contributed by atoms with E-state index >= 15 is 0 Å². The maximum atomic E-state index is 12.2. The molecule has 1 amide bonds. The van der Waals surface area contributed by atoms with Gasteiger partial charge in [0.05, 0.1) is 21.3 Å². The van der Waals surface area contributed by atoms with E-state index in [4.69, 9.17) is 14.2 Å². The van der Waals surface area contributed by atoms with Crippen LogP contribution in [0.2, 0.25) is 0 Å². The quantitative estimate of drug-likeness (QED) is 0.808. The number of aryl methyl sites for hydroxylation is 2. The first-order valence-corrected chi connectivity index (χ1v) is 7.84. The lowest BCUT2D eigenvalue weighted by molar-refractivity contribution is -0.111. The van der Waals surface area contributed by atoms with Crippen molar-refractivity contribution in [3.8, 4) is 17.2 Å². The molecule has 0 aliphatic carbocycles. The maximum Gasteiger partial charge on any atom is 0.248 e. The average Bonchev–Trinajstić information content (AvgIpc) is 2.61. The minimum atomic E-state index is -0.208. The third-order valence-electron chi connectivity index (χ3n) is 3.75. The van der Waals surface area contributed by atoms with E-state index in [1.807, 2.05) is 32.0 Å². The molecule has 5 heteroatoms. The van der Waals surface area contributed by atoms with Crippen molar-refractivity contribution in [2.75, 3.05) is 26.6 Å². The monoisotopic (exact) mass is 341 g/mol. The lowest BCUT2D eigenvalue weighted by Crippen LogP contribution is -2.09. The Balaban J connectivity index is 2.19. The number of anilines is 1. The van der Waals surface area contributed by atoms with E-state index in [0.717, 1.165) is 22.4 Å². The average molecular weight is 341 g/mol. The third kappa shape index (κ3) is 4.53. The second-order valence-corrected chi connectivity index (χ2v) is 5.60. The van der Waals surface area contributed by atoms with Crippen LogP contribution >= 0.6 is 0 Å². The topological polar surface area (TPSA) is 56.8 Å². The molecule has 2 rings (SSSR count). The number of rotatable bonds is 6. The molecule has 0 fully saturated rings. The fourth-order valence-corrected chi connectivity index (χ4v) is 2.50. The van der Waals surface area contributed by atoms with Gasteiger partial charge in [0, 0.05) is 11.8 Å². The molecule has 1 N–H and O–H groups in total. The molecule has 0 heterocycles. The van der Waals surface area contributed by atoms with E-state index in [9.17, 15) is 4.79 Å². The van der Waals surface area contributed by atoms with Gasteiger partial charge in [0.15, 0.2) is 11.5 Å². The molecule has 2 aromatic carbocycles. The van der Waals surface area contributed by atoms with Crippen LogP contribution in [0.3, 0.4) is 0 Å². The summed E-state index contributed by atoms with van der Waals surface area (Å²) in [6.07, 6.45) is 3.17. The standard InChI is InChI=1S/C20H23NO4/c1-13-6-8-16(14(2)10-13)21-19(22)9-7-15-11-17(23-3)20(25-5)18(12-15)24-4/h6-12H,1-5H3,(H,21,22). The highest BCUT2D eigenvalue weighted by Crippen LogP contribution is 2.38. The van der Waals surface area contributed by atoms with Crippen LogP contribution in [-0.4, -0.2) is 27.2 Å². The first-order chi connectivity index (χ1) is 12.0. The highest BCUT2D eigenvalue weighted by Gasteiger charge is 2.12. The van der Waals surface area contributed by atoms with Crippen molar-refractivity contribution in [3.63, 3.8) is 0 Å². The molecule has 2 aromatic rings. The summed E-state index contributed by atoms with van der Waals surface area (Å²) in [6, 6.07) is 9.45. The summed E-state index contributed by atoms with van der Waals surface area (Å²) in [4.78, 5) is 12.2. The van der Waals surface area contributed by atoms with Crippen molar-refractivity contribution >= 4 is 17.7 Å². The van der Waals surface area contributed by atoms with Crippen LogP contribution in [0.4, 0.5) is 5.69 Å². The predicted molar refractivity (Wildman–Crippen MR) is 99.7 cm³/mol. The largest absolute Gasteiger partial charge is 0.493 e. The predicted octanol–water partition coefficient (Wildman–Crippen LogP) is 3.98. The summed E-state index contributed by atoms with van der Waals surface area (Å²) in [5, 5.41) is 2.87. The zero-order valence-electron chi connectivity index (χ0n) is 15.2. The van der Waals surface area contributed by atoms with Gasteiger partial charge in [-0.25, -0.2) is 0 Å². The van der Waals surface area contributed by atoms with Gasteiger partial charge in [-0.1, -0.05) is 17.7 Å². The normalized spacial score (nSPS) is 10.6. The van der Waals surface area contributed by atoms with Crippen LogP contribution in [0, 0.1) is 13.8 Å². The Morgan fingerprint density at radius 3 is 2.12 bits per heavy atom. The molecule has 0 atom stereocenters. The molecule has 0 radical (unpaired) electrons. The van der Waals surface area contributed by atoms with Gasteiger partial charge >= 0.3 is 0 Å². The number of carbonyl (C=O) groups excluding carboxylic acids is 1. The maximum absolute atomic E-state index is 12.2. The minimum Gasteiger partial charge on any atom is -0.493 e. The Morgan fingerprint density at radius 1 is 0.960 bits per heavy atom. The number of carbonyl (C=O) groups is 1. The van der Waals surface area contributed by atoms with Gasteiger partial charge in [-0.3, -0.25) is 4.79 Å². The number of methoxy groups -OCH3 is 3. The second-order valence-electron chi connectivity index (χ2n) is 5.60. The van der Waals surface area contributed by atoms with Crippen LogP contribution in [0.1, 0.15) is 16.7 Å². The highest BCUT2D eigenvalue weighted by molar-refractivity contribution is 6.02.